The molecule has 0 amide bonds. The lowest BCUT2D eigenvalue weighted by Crippen LogP contribution is -2.15. The van der Waals surface area contributed by atoms with E-state index in [4.69, 9.17) is 0 Å². The Morgan fingerprint density at radius 1 is 1.32 bits per heavy atom. The molecular formula is C13H15FN4O. The van der Waals surface area contributed by atoms with E-state index in [0.29, 0.717) is 17.7 Å². The van der Waals surface area contributed by atoms with Crippen LogP contribution in [0.15, 0.2) is 30.9 Å². The Morgan fingerprint density at radius 3 is 2.74 bits per heavy atom. The normalized spacial score (nSPS) is 12.2. The van der Waals surface area contributed by atoms with Crippen molar-refractivity contribution in [2.24, 2.45) is 0 Å². The lowest BCUT2D eigenvalue weighted by molar-refractivity contribution is 0.191. The number of anilines is 1. The minimum atomic E-state index is -0.748. The molecular weight excluding hydrogens is 247 g/mol. The van der Waals surface area contributed by atoms with Gasteiger partial charge in [-0.3, -0.25) is 4.98 Å². The number of nitrogens with zero attached hydrogens (tertiary/aromatic N) is 3. The van der Waals surface area contributed by atoms with Crippen molar-refractivity contribution >= 4 is 5.82 Å². The minimum Gasteiger partial charge on any atom is -0.387 e. The lowest BCUT2D eigenvalue weighted by Gasteiger charge is -2.13. The number of halogens is 1. The zero-order valence-corrected chi connectivity index (χ0v) is 10.5. The van der Waals surface area contributed by atoms with Crippen LogP contribution in [0, 0.1) is 5.82 Å². The highest BCUT2D eigenvalue weighted by atomic mass is 19.1. The number of pyridine rings is 1. The number of hydrogen-bond donors (Lipinski definition) is 2. The van der Waals surface area contributed by atoms with Gasteiger partial charge >= 0.3 is 0 Å². The molecule has 1 unspecified atom stereocenters. The second-order valence-corrected chi connectivity index (χ2v) is 4.01. The van der Waals surface area contributed by atoms with Crippen molar-refractivity contribution in [2.45, 2.75) is 19.4 Å². The van der Waals surface area contributed by atoms with Crippen molar-refractivity contribution in [2.75, 3.05) is 11.9 Å². The Morgan fingerprint density at radius 2 is 2.05 bits per heavy atom. The van der Waals surface area contributed by atoms with E-state index in [1.165, 1.54) is 6.33 Å². The first-order chi connectivity index (χ1) is 9.22. The number of aliphatic hydroxyl groups is 1. The van der Waals surface area contributed by atoms with Crippen molar-refractivity contribution in [3.8, 4) is 0 Å². The maximum Gasteiger partial charge on any atom is 0.186 e. The molecule has 0 aliphatic rings. The van der Waals surface area contributed by atoms with Crippen LogP contribution in [0.25, 0.3) is 0 Å². The molecule has 2 aromatic heterocycles. The molecule has 0 aliphatic heterocycles. The van der Waals surface area contributed by atoms with Crippen LogP contribution in [-0.4, -0.2) is 26.6 Å². The fraction of sp³-hybridized carbons (Fsp3) is 0.308. The third kappa shape index (κ3) is 3.23. The first-order valence-corrected chi connectivity index (χ1v) is 6.03. The van der Waals surface area contributed by atoms with Crippen LogP contribution in [-0.2, 0) is 6.42 Å². The van der Waals surface area contributed by atoms with Crippen LogP contribution in [0.4, 0.5) is 10.2 Å². The fourth-order valence-corrected chi connectivity index (χ4v) is 1.67. The van der Waals surface area contributed by atoms with Gasteiger partial charge in [-0.1, -0.05) is 6.92 Å². The summed E-state index contributed by atoms with van der Waals surface area (Å²) in [5, 5.41) is 12.7. The fourth-order valence-electron chi connectivity index (χ4n) is 1.67. The maximum absolute atomic E-state index is 13.8. The second kappa shape index (κ2) is 6.19. The summed E-state index contributed by atoms with van der Waals surface area (Å²) in [6.07, 6.45) is 4.25. The topological polar surface area (TPSA) is 70.9 Å². The highest BCUT2D eigenvalue weighted by Crippen LogP contribution is 2.16. The number of hydrogen-bond acceptors (Lipinski definition) is 5. The molecule has 0 bridgehead atoms. The van der Waals surface area contributed by atoms with E-state index in [-0.39, 0.29) is 12.4 Å². The second-order valence-electron chi connectivity index (χ2n) is 4.01. The molecule has 0 fully saturated rings. The summed E-state index contributed by atoms with van der Waals surface area (Å²) in [5.41, 5.74) is 1.07. The standard InChI is InChI=1S/C13H15FN4O/c1-2-10-12(14)13(18-8-17-10)16-7-11(19)9-3-5-15-6-4-9/h3-6,8,11,19H,2,7H2,1H3,(H,16,17,18). The monoisotopic (exact) mass is 262 g/mol. The van der Waals surface area contributed by atoms with Crippen LogP contribution >= 0.6 is 0 Å². The van der Waals surface area contributed by atoms with Crippen molar-refractivity contribution in [3.05, 3.63) is 47.9 Å². The molecule has 2 aromatic rings. The Labute approximate surface area is 110 Å². The highest BCUT2D eigenvalue weighted by molar-refractivity contribution is 5.37. The molecule has 2 rings (SSSR count). The van der Waals surface area contributed by atoms with Crippen LogP contribution in [0.1, 0.15) is 24.3 Å². The Balaban J connectivity index is 2.03. The van der Waals surface area contributed by atoms with Gasteiger partial charge in [-0.15, -0.1) is 0 Å². The van der Waals surface area contributed by atoms with Crippen molar-refractivity contribution in [3.63, 3.8) is 0 Å². The quantitative estimate of drug-likeness (QED) is 0.858. The Bertz CT molecular complexity index is 535. The van der Waals surface area contributed by atoms with Gasteiger partial charge in [-0.2, -0.15) is 0 Å². The molecule has 6 heteroatoms. The SMILES string of the molecule is CCc1ncnc(NCC(O)c2ccncc2)c1F. The van der Waals surface area contributed by atoms with E-state index in [1.807, 2.05) is 6.92 Å². The summed E-state index contributed by atoms with van der Waals surface area (Å²) in [6.45, 7) is 1.99. The molecule has 0 aromatic carbocycles. The molecule has 0 saturated carbocycles. The summed E-state index contributed by atoms with van der Waals surface area (Å²) in [6, 6.07) is 3.42. The molecule has 0 spiro atoms. The molecule has 100 valence electrons. The largest absolute Gasteiger partial charge is 0.387 e. The third-order valence-electron chi connectivity index (χ3n) is 2.75. The minimum absolute atomic E-state index is 0.111. The summed E-state index contributed by atoms with van der Waals surface area (Å²) in [4.78, 5) is 11.5. The van der Waals surface area contributed by atoms with Gasteiger partial charge in [-0.05, 0) is 24.1 Å². The van der Waals surface area contributed by atoms with Gasteiger partial charge in [-0.25, -0.2) is 14.4 Å². The van der Waals surface area contributed by atoms with Gasteiger partial charge in [0.2, 0.25) is 0 Å². The molecule has 19 heavy (non-hydrogen) atoms. The zero-order valence-electron chi connectivity index (χ0n) is 10.5. The van der Waals surface area contributed by atoms with Gasteiger partial charge in [0.25, 0.3) is 0 Å². The van der Waals surface area contributed by atoms with Crippen molar-refractivity contribution in [1.82, 2.24) is 15.0 Å². The Kier molecular flexibility index (Phi) is 4.35. The smallest absolute Gasteiger partial charge is 0.186 e. The number of aromatic nitrogens is 3. The van der Waals surface area contributed by atoms with E-state index in [2.05, 4.69) is 20.3 Å². The van der Waals surface area contributed by atoms with Gasteiger partial charge in [0.15, 0.2) is 11.6 Å². The van der Waals surface area contributed by atoms with Gasteiger partial charge in [0.1, 0.15) is 6.33 Å². The number of aryl methyl sites for hydroxylation is 1. The zero-order chi connectivity index (χ0) is 13.7. The lowest BCUT2D eigenvalue weighted by atomic mass is 10.1. The van der Waals surface area contributed by atoms with E-state index in [0.717, 1.165) is 0 Å². The van der Waals surface area contributed by atoms with Crippen LogP contribution < -0.4 is 5.32 Å². The molecule has 0 radical (unpaired) electrons. The number of rotatable bonds is 5. The molecule has 5 nitrogen and oxygen atoms in total. The summed E-state index contributed by atoms with van der Waals surface area (Å²) < 4.78 is 13.8. The van der Waals surface area contributed by atoms with Gasteiger partial charge in [0.05, 0.1) is 11.8 Å². The van der Waals surface area contributed by atoms with Crippen molar-refractivity contribution < 1.29 is 9.50 Å². The molecule has 0 aliphatic carbocycles. The van der Waals surface area contributed by atoms with E-state index in [9.17, 15) is 9.50 Å². The maximum atomic E-state index is 13.8. The first-order valence-electron chi connectivity index (χ1n) is 6.03. The van der Waals surface area contributed by atoms with Crippen LogP contribution in [0.3, 0.4) is 0 Å². The average molecular weight is 262 g/mol. The van der Waals surface area contributed by atoms with E-state index in [1.54, 1.807) is 24.5 Å². The van der Waals surface area contributed by atoms with Crippen LogP contribution in [0.2, 0.25) is 0 Å². The Hall–Kier alpha value is -2.08. The summed E-state index contributed by atoms with van der Waals surface area (Å²) in [5.74, 6) is -0.355. The molecule has 0 saturated heterocycles. The summed E-state index contributed by atoms with van der Waals surface area (Å²) >= 11 is 0. The van der Waals surface area contributed by atoms with E-state index < -0.39 is 11.9 Å². The average Bonchev–Trinajstić information content (AvgIpc) is 2.47. The van der Waals surface area contributed by atoms with Gasteiger partial charge < -0.3 is 10.4 Å². The third-order valence-corrected chi connectivity index (χ3v) is 2.75. The molecule has 2 heterocycles. The van der Waals surface area contributed by atoms with Gasteiger partial charge in [0, 0.05) is 18.9 Å². The summed E-state index contributed by atoms with van der Waals surface area (Å²) in [7, 11) is 0. The van der Waals surface area contributed by atoms with Crippen LogP contribution in [0.5, 0.6) is 0 Å². The highest BCUT2D eigenvalue weighted by Gasteiger charge is 2.12. The van der Waals surface area contributed by atoms with E-state index >= 15 is 0 Å². The number of aliphatic hydroxyl groups excluding tert-OH is 1. The van der Waals surface area contributed by atoms with Crippen molar-refractivity contribution in [1.29, 1.82) is 0 Å². The predicted octanol–water partition coefficient (Wildman–Crippen LogP) is 1.72. The predicted molar refractivity (Wildman–Crippen MR) is 69.1 cm³/mol. The first kappa shape index (κ1) is 13.4. The molecule has 1 atom stereocenters. The molecule has 2 N–H and O–H groups in total. The number of nitrogens with one attached hydrogen (secondary N) is 1.